The van der Waals surface area contributed by atoms with Crippen molar-refractivity contribution in [3.8, 4) is 0 Å². The van der Waals surface area contributed by atoms with Gasteiger partial charge in [0, 0.05) is 11.9 Å². The first-order chi connectivity index (χ1) is 18.3. The molecule has 1 aromatic heterocycles. The number of carbonyl (C=O) groups excluding carboxylic acids is 3. The number of β-amino-alcohol motifs (C(OH)–C–C–N with tert-alkyl or cyclic N) is 1. The van der Waals surface area contributed by atoms with Crippen molar-refractivity contribution in [1.29, 1.82) is 0 Å². The molecule has 2 aromatic carbocycles. The molecule has 9 heteroatoms. The Morgan fingerprint density at radius 1 is 1.11 bits per heavy atom. The predicted octanol–water partition coefficient (Wildman–Crippen LogP) is 3.86. The van der Waals surface area contributed by atoms with Gasteiger partial charge in [-0.25, -0.2) is 4.79 Å². The Morgan fingerprint density at radius 2 is 1.84 bits per heavy atom. The highest BCUT2D eigenvalue weighted by molar-refractivity contribution is 5.98. The first kappa shape index (κ1) is 27.2. The van der Waals surface area contributed by atoms with Gasteiger partial charge in [0.25, 0.3) is 5.91 Å². The second-order valence-electron chi connectivity index (χ2n) is 10.1. The standard InChI is InChI=1S/C29H35N3O6/c1-19(2)15-23(31-28(35)26-16-21-11-6-7-13-25(21)38-26)27(34)30-22-12-8-14-32(17-24(22)33)29(36)37-18-20-9-4-3-5-10-20/h3-7,9-11,13,16,19,22-24,33H,8,12,14-15,17-18H2,1-2H3,(H,30,34)(H,31,35)/t22?,23-,24?/m0/s1. The average molecular weight is 522 g/mol. The summed E-state index contributed by atoms with van der Waals surface area (Å²) in [4.78, 5) is 40.2. The molecule has 38 heavy (non-hydrogen) atoms. The Kier molecular flexibility index (Phi) is 9.02. The molecular weight excluding hydrogens is 486 g/mol. The molecule has 2 heterocycles. The number of hydrogen-bond donors (Lipinski definition) is 3. The first-order valence-electron chi connectivity index (χ1n) is 13.0. The molecule has 0 bridgehead atoms. The highest BCUT2D eigenvalue weighted by Crippen LogP contribution is 2.20. The Balaban J connectivity index is 1.35. The number of para-hydroxylation sites is 1. The van der Waals surface area contributed by atoms with Crippen LogP contribution in [0, 0.1) is 5.92 Å². The van der Waals surface area contributed by atoms with Crippen molar-refractivity contribution >= 4 is 28.9 Å². The van der Waals surface area contributed by atoms with Gasteiger partial charge in [0.15, 0.2) is 5.76 Å². The number of fused-ring (bicyclic) bond motifs is 1. The maximum atomic E-state index is 13.2. The van der Waals surface area contributed by atoms with E-state index in [1.165, 1.54) is 4.90 Å². The number of rotatable bonds is 8. The molecule has 3 atom stereocenters. The lowest BCUT2D eigenvalue weighted by atomic mass is 10.0. The lowest BCUT2D eigenvalue weighted by Gasteiger charge is -2.27. The normalized spacial score (nSPS) is 18.6. The second-order valence-corrected chi connectivity index (χ2v) is 10.1. The number of furan rings is 1. The van der Waals surface area contributed by atoms with Gasteiger partial charge in [0.1, 0.15) is 18.2 Å². The number of carbonyl (C=O) groups is 3. The van der Waals surface area contributed by atoms with Gasteiger partial charge in [0.05, 0.1) is 18.7 Å². The van der Waals surface area contributed by atoms with Crippen LogP contribution < -0.4 is 10.6 Å². The second kappa shape index (κ2) is 12.6. The molecule has 1 aliphatic rings. The quantitative estimate of drug-likeness (QED) is 0.414. The zero-order valence-corrected chi connectivity index (χ0v) is 21.8. The molecule has 4 rings (SSSR count). The third-order valence-corrected chi connectivity index (χ3v) is 6.58. The van der Waals surface area contributed by atoms with Crippen LogP contribution in [-0.2, 0) is 16.1 Å². The summed E-state index contributed by atoms with van der Waals surface area (Å²) < 4.78 is 11.1. The van der Waals surface area contributed by atoms with E-state index < -0.39 is 30.2 Å². The molecule has 1 fully saturated rings. The molecule has 2 unspecified atom stereocenters. The molecule has 0 radical (unpaired) electrons. The van der Waals surface area contributed by atoms with Gasteiger partial charge < -0.3 is 29.8 Å². The summed E-state index contributed by atoms with van der Waals surface area (Å²) in [5, 5.41) is 17.3. The lowest BCUT2D eigenvalue weighted by Crippen LogP contribution is -2.54. The number of benzene rings is 2. The van der Waals surface area contributed by atoms with Crippen molar-refractivity contribution in [2.45, 2.75) is 57.9 Å². The summed E-state index contributed by atoms with van der Waals surface area (Å²) in [7, 11) is 0. The molecule has 3 aromatic rings. The third-order valence-electron chi connectivity index (χ3n) is 6.58. The van der Waals surface area contributed by atoms with Gasteiger partial charge in [0.2, 0.25) is 5.91 Å². The number of hydrogen-bond acceptors (Lipinski definition) is 6. The van der Waals surface area contributed by atoms with Crippen molar-refractivity contribution in [3.05, 3.63) is 72.0 Å². The summed E-state index contributed by atoms with van der Waals surface area (Å²) >= 11 is 0. The molecule has 3 amide bonds. The van der Waals surface area contributed by atoms with Crippen LogP contribution in [0.3, 0.4) is 0 Å². The van der Waals surface area contributed by atoms with Crippen molar-refractivity contribution in [2.75, 3.05) is 13.1 Å². The molecule has 1 aliphatic heterocycles. The minimum atomic E-state index is -0.975. The number of nitrogens with zero attached hydrogens (tertiary/aromatic N) is 1. The third kappa shape index (κ3) is 7.13. The van der Waals surface area contributed by atoms with Gasteiger partial charge >= 0.3 is 6.09 Å². The van der Waals surface area contributed by atoms with E-state index in [2.05, 4.69) is 10.6 Å². The van der Waals surface area contributed by atoms with E-state index in [-0.39, 0.29) is 30.7 Å². The van der Waals surface area contributed by atoms with E-state index in [0.29, 0.717) is 31.4 Å². The largest absolute Gasteiger partial charge is 0.451 e. The molecular formula is C29H35N3O6. The van der Waals surface area contributed by atoms with Crippen molar-refractivity contribution in [2.24, 2.45) is 5.92 Å². The van der Waals surface area contributed by atoms with Gasteiger partial charge in [-0.2, -0.15) is 0 Å². The van der Waals surface area contributed by atoms with Crippen LogP contribution in [-0.4, -0.2) is 59.2 Å². The Bertz CT molecular complexity index is 1210. The van der Waals surface area contributed by atoms with E-state index >= 15 is 0 Å². The van der Waals surface area contributed by atoms with Gasteiger partial charge in [-0.1, -0.05) is 62.4 Å². The fraction of sp³-hybridized carbons (Fsp3) is 0.414. The molecule has 202 valence electrons. The number of amides is 3. The number of nitrogens with one attached hydrogen (secondary N) is 2. The van der Waals surface area contributed by atoms with E-state index in [4.69, 9.17) is 9.15 Å². The Morgan fingerprint density at radius 3 is 2.58 bits per heavy atom. The summed E-state index contributed by atoms with van der Waals surface area (Å²) in [6.45, 7) is 4.53. The topological polar surface area (TPSA) is 121 Å². The monoisotopic (exact) mass is 521 g/mol. The number of aliphatic hydroxyl groups excluding tert-OH is 1. The molecule has 0 spiro atoms. The van der Waals surface area contributed by atoms with E-state index in [1.807, 2.05) is 62.4 Å². The molecule has 9 nitrogen and oxygen atoms in total. The summed E-state index contributed by atoms with van der Waals surface area (Å²) in [5.41, 5.74) is 1.47. The highest BCUT2D eigenvalue weighted by atomic mass is 16.6. The predicted molar refractivity (Wildman–Crippen MR) is 142 cm³/mol. The minimum absolute atomic E-state index is 0.0404. The van der Waals surface area contributed by atoms with Crippen LogP contribution in [0.25, 0.3) is 11.0 Å². The zero-order chi connectivity index (χ0) is 27.1. The van der Waals surface area contributed by atoms with Crippen LogP contribution in [0.5, 0.6) is 0 Å². The van der Waals surface area contributed by atoms with E-state index in [9.17, 15) is 19.5 Å². The maximum Gasteiger partial charge on any atom is 0.410 e. The van der Waals surface area contributed by atoms with Crippen LogP contribution in [0.2, 0.25) is 0 Å². The van der Waals surface area contributed by atoms with Crippen LogP contribution >= 0.6 is 0 Å². The molecule has 0 aliphatic carbocycles. The minimum Gasteiger partial charge on any atom is -0.451 e. The summed E-state index contributed by atoms with van der Waals surface area (Å²) in [6, 6.07) is 17.0. The zero-order valence-electron chi connectivity index (χ0n) is 21.8. The average Bonchev–Trinajstić information content (AvgIpc) is 3.26. The fourth-order valence-electron chi connectivity index (χ4n) is 4.59. The van der Waals surface area contributed by atoms with Crippen molar-refractivity contribution < 1.29 is 28.6 Å². The van der Waals surface area contributed by atoms with Crippen LogP contribution in [0.1, 0.15) is 49.2 Å². The molecule has 3 N–H and O–H groups in total. The van der Waals surface area contributed by atoms with Crippen LogP contribution in [0.15, 0.2) is 65.1 Å². The Hall–Kier alpha value is -3.85. The number of aliphatic hydroxyl groups is 1. The summed E-state index contributed by atoms with van der Waals surface area (Å²) in [5.74, 6) is -0.592. The molecule has 0 saturated carbocycles. The van der Waals surface area contributed by atoms with E-state index in [0.717, 1.165) is 10.9 Å². The highest BCUT2D eigenvalue weighted by Gasteiger charge is 2.32. The number of likely N-dealkylation sites (tertiary alicyclic amines) is 1. The van der Waals surface area contributed by atoms with Crippen molar-refractivity contribution in [3.63, 3.8) is 0 Å². The Labute approximate surface area is 222 Å². The SMILES string of the molecule is CC(C)C[C@H](NC(=O)c1cc2ccccc2o1)C(=O)NC1CCCN(C(=O)OCc2ccccc2)CC1O. The first-order valence-corrected chi connectivity index (χ1v) is 13.0. The number of ether oxygens (including phenoxy) is 1. The van der Waals surface area contributed by atoms with Gasteiger partial charge in [-0.05, 0) is 42.9 Å². The summed E-state index contributed by atoms with van der Waals surface area (Å²) in [6.07, 6.45) is 0.00909. The fourth-order valence-corrected chi connectivity index (χ4v) is 4.59. The van der Waals surface area contributed by atoms with Crippen molar-refractivity contribution in [1.82, 2.24) is 15.5 Å². The maximum absolute atomic E-state index is 13.2. The van der Waals surface area contributed by atoms with Gasteiger partial charge in [-0.15, -0.1) is 0 Å². The van der Waals surface area contributed by atoms with Crippen LogP contribution in [0.4, 0.5) is 4.79 Å². The van der Waals surface area contributed by atoms with E-state index in [1.54, 1.807) is 12.1 Å². The smallest absolute Gasteiger partial charge is 0.410 e. The lowest BCUT2D eigenvalue weighted by molar-refractivity contribution is -0.125. The molecule has 1 saturated heterocycles. The van der Waals surface area contributed by atoms with Gasteiger partial charge in [-0.3, -0.25) is 9.59 Å².